The van der Waals surface area contributed by atoms with E-state index in [0.29, 0.717) is 34.9 Å². The summed E-state index contributed by atoms with van der Waals surface area (Å²) in [7, 11) is 0. The average molecular weight is 348 g/mol. The molecule has 0 amide bonds. The predicted molar refractivity (Wildman–Crippen MR) is 97.8 cm³/mol. The third kappa shape index (κ3) is 4.47. The number of aromatic amines is 2. The zero-order valence-electron chi connectivity index (χ0n) is 14.6. The van der Waals surface area contributed by atoms with Gasteiger partial charge in [-0.3, -0.25) is 9.78 Å². The van der Waals surface area contributed by atoms with E-state index in [1.54, 1.807) is 0 Å². The second-order valence-electron chi connectivity index (χ2n) is 5.78. The summed E-state index contributed by atoms with van der Waals surface area (Å²) in [6.07, 6.45) is 1.29. The molecule has 0 aliphatic heterocycles. The molecule has 0 bridgehead atoms. The van der Waals surface area contributed by atoms with E-state index in [4.69, 9.17) is 21.7 Å². The van der Waals surface area contributed by atoms with E-state index in [-0.39, 0.29) is 11.7 Å². The number of ether oxygens (including phenoxy) is 2. The van der Waals surface area contributed by atoms with E-state index >= 15 is 0 Å². The van der Waals surface area contributed by atoms with Crippen LogP contribution >= 0.6 is 12.2 Å². The summed E-state index contributed by atoms with van der Waals surface area (Å²) in [4.78, 5) is 18.0. The number of aryl methyl sites for hydroxylation is 1. The molecule has 1 aromatic heterocycles. The van der Waals surface area contributed by atoms with Crippen LogP contribution in [0.1, 0.15) is 44.5 Å². The van der Waals surface area contributed by atoms with Crippen molar-refractivity contribution in [1.82, 2.24) is 9.97 Å². The SMILES string of the molecule is CCOc1cc(Cc2c(CC)[nH]c(=S)[nH]c2=O)ccc1OC(C)C. The maximum absolute atomic E-state index is 12.2. The second-order valence-corrected chi connectivity index (χ2v) is 6.18. The molecule has 0 unspecified atom stereocenters. The van der Waals surface area contributed by atoms with Crippen LogP contribution in [0.4, 0.5) is 0 Å². The van der Waals surface area contributed by atoms with Gasteiger partial charge in [0.05, 0.1) is 12.7 Å². The highest BCUT2D eigenvalue weighted by molar-refractivity contribution is 7.71. The summed E-state index contributed by atoms with van der Waals surface area (Å²) in [5.41, 5.74) is 2.41. The molecule has 0 saturated carbocycles. The molecule has 1 aromatic carbocycles. The maximum atomic E-state index is 12.2. The zero-order valence-corrected chi connectivity index (χ0v) is 15.4. The van der Waals surface area contributed by atoms with Crippen LogP contribution in [0.25, 0.3) is 0 Å². The zero-order chi connectivity index (χ0) is 17.7. The fourth-order valence-electron chi connectivity index (χ4n) is 2.53. The second kappa shape index (κ2) is 8.15. The molecule has 0 radical (unpaired) electrons. The molecule has 0 fully saturated rings. The minimum Gasteiger partial charge on any atom is -0.490 e. The fourth-order valence-corrected chi connectivity index (χ4v) is 2.75. The lowest BCUT2D eigenvalue weighted by atomic mass is 10.0. The highest BCUT2D eigenvalue weighted by atomic mass is 32.1. The molecule has 0 spiro atoms. The minimum absolute atomic E-state index is 0.0683. The third-order valence-corrected chi connectivity index (χ3v) is 3.74. The van der Waals surface area contributed by atoms with Gasteiger partial charge in [0.1, 0.15) is 0 Å². The number of hydrogen-bond acceptors (Lipinski definition) is 4. The Morgan fingerprint density at radius 2 is 1.92 bits per heavy atom. The van der Waals surface area contributed by atoms with Crippen molar-refractivity contribution >= 4 is 12.2 Å². The van der Waals surface area contributed by atoms with Crippen LogP contribution in [-0.2, 0) is 12.8 Å². The Morgan fingerprint density at radius 3 is 2.54 bits per heavy atom. The Kier molecular flexibility index (Phi) is 6.20. The molecule has 6 heteroatoms. The standard InChI is InChI=1S/C18H24N2O3S/c1-5-14-13(17(21)20-18(24)19-14)9-12-7-8-15(23-11(3)4)16(10-12)22-6-2/h7-8,10-11H,5-6,9H2,1-4H3,(H2,19,20,21,24). The van der Waals surface area contributed by atoms with Crippen molar-refractivity contribution in [3.05, 3.63) is 50.1 Å². The quantitative estimate of drug-likeness (QED) is 0.748. The van der Waals surface area contributed by atoms with Gasteiger partial charge in [0.2, 0.25) is 0 Å². The molecule has 2 rings (SSSR count). The van der Waals surface area contributed by atoms with E-state index in [1.807, 2.05) is 45.9 Å². The van der Waals surface area contributed by atoms with Crippen molar-refractivity contribution < 1.29 is 9.47 Å². The molecule has 0 aliphatic rings. The Hall–Kier alpha value is -2.08. The van der Waals surface area contributed by atoms with Gasteiger partial charge in [0, 0.05) is 17.7 Å². The Bertz CT molecular complexity index is 809. The smallest absolute Gasteiger partial charge is 0.255 e. The summed E-state index contributed by atoms with van der Waals surface area (Å²) >= 11 is 5.04. The summed E-state index contributed by atoms with van der Waals surface area (Å²) < 4.78 is 11.8. The molecule has 0 aliphatic carbocycles. The molecule has 5 nitrogen and oxygen atoms in total. The van der Waals surface area contributed by atoms with E-state index < -0.39 is 0 Å². The molecule has 0 saturated heterocycles. The van der Waals surface area contributed by atoms with Gasteiger partial charge < -0.3 is 14.5 Å². The molecular formula is C18H24N2O3S. The van der Waals surface area contributed by atoms with E-state index in [2.05, 4.69) is 9.97 Å². The predicted octanol–water partition coefficient (Wildman–Crippen LogP) is 3.77. The number of rotatable bonds is 7. The van der Waals surface area contributed by atoms with Gasteiger partial charge in [-0.15, -0.1) is 0 Å². The van der Waals surface area contributed by atoms with Gasteiger partial charge >= 0.3 is 0 Å². The largest absolute Gasteiger partial charge is 0.490 e. The fraction of sp³-hybridized carbons (Fsp3) is 0.444. The van der Waals surface area contributed by atoms with Crippen LogP contribution in [0.2, 0.25) is 0 Å². The molecular weight excluding hydrogens is 324 g/mol. The summed E-state index contributed by atoms with van der Waals surface area (Å²) in [5.74, 6) is 1.41. The topological polar surface area (TPSA) is 67.1 Å². The monoisotopic (exact) mass is 348 g/mol. The van der Waals surface area contributed by atoms with Crippen molar-refractivity contribution in [2.24, 2.45) is 0 Å². The molecule has 130 valence electrons. The van der Waals surface area contributed by atoms with Gasteiger partial charge in [-0.25, -0.2) is 0 Å². The first-order chi connectivity index (χ1) is 11.4. The summed E-state index contributed by atoms with van der Waals surface area (Å²) in [6, 6.07) is 5.79. The molecule has 1 heterocycles. The van der Waals surface area contributed by atoms with Crippen LogP contribution in [-0.4, -0.2) is 22.7 Å². The van der Waals surface area contributed by atoms with Gasteiger partial charge in [-0.1, -0.05) is 13.0 Å². The van der Waals surface area contributed by atoms with Crippen molar-refractivity contribution in [2.75, 3.05) is 6.61 Å². The van der Waals surface area contributed by atoms with E-state index in [9.17, 15) is 4.79 Å². The first-order valence-electron chi connectivity index (χ1n) is 8.21. The molecule has 2 aromatic rings. The number of aromatic nitrogens is 2. The lowest BCUT2D eigenvalue weighted by Crippen LogP contribution is -2.18. The van der Waals surface area contributed by atoms with Crippen molar-refractivity contribution in [2.45, 2.75) is 46.6 Å². The molecule has 24 heavy (non-hydrogen) atoms. The van der Waals surface area contributed by atoms with Gasteiger partial charge in [0.25, 0.3) is 5.56 Å². The van der Waals surface area contributed by atoms with E-state index in [1.165, 1.54) is 0 Å². The Balaban J connectivity index is 2.39. The van der Waals surface area contributed by atoms with Gasteiger partial charge in [-0.2, -0.15) is 0 Å². The number of nitrogens with one attached hydrogen (secondary N) is 2. The maximum Gasteiger partial charge on any atom is 0.255 e. The first-order valence-corrected chi connectivity index (χ1v) is 8.62. The highest BCUT2D eigenvalue weighted by Gasteiger charge is 2.12. The molecule has 2 N–H and O–H groups in total. The van der Waals surface area contributed by atoms with Gasteiger partial charge in [0.15, 0.2) is 16.3 Å². The van der Waals surface area contributed by atoms with Crippen LogP contribution in [0.5, 0.6) is 11.5 Å². The van der Waals surface area contributed by atoms with Crippen molar-refractivity contribution in [3.8, 4) is 11.5 Å². The number of H-pyrrole nitrogens is 2. The minimum atomic E-state index is -0.143. The average Bonchev–Trinajstić information content (AvgIpc) is 2.52. The van der Waals surface area contributed by atoms with Crippen LogP contribution in [0.15, 0.2) is 23.0 Å². The summed E-state index contributed by atoms with van der Waals surface area (Å²) in [6.45, 7) is 8.43. The Labute approximate surface area is 147 Å². The van der Waals surface area contributed by atoms with Crippen molar-refractivity contribution in [1.29, 1.82) is 0 Å². The number of hydrogen-bond donors (Lipinski definition) is 2. The normalized spacial score (nSPS) is 10.9. The first kappa shape index (κ1) is 18.3. The number of benzene rings is 1. The highest BCUT2D eigenvalue weighted by Crippen LogP contribution is 2.30. The van der Waals surface area contributed by atoms with Crippen LogP contribution in [0, 0.1) is 4.77 Å². The Morgan fingerprint density at radius 1 is 1.17 bits per heavy atom. The lowest BCUT2D eigenvalue weighted by molar-refractivity contribution is 0.223. The third-order valence-electron chi connectivity index (χ3n) is 3.53. The van der Waals surface area contributed by atoms with E-state index in [0.717, 1.165) is 17.7 Å². The van der Waals surface area contributed by atoms with Crippen LogP contribution < -0.4 is 15.0 Å². The van der Waals surface area contributed by atoms with Crippen LogP contribution in [0.3, 0.4) is 0 Å². The van der Waals surface area contributed by atoms with Gasteiger partial charge in [-0.05, 0) is 57.1 Å². The summed E-state index contributed by atoms with van der Waals surface area (Å²) in [5, 5.41) is 0. The lowest BCUT2D eigenvalue weighted by Gasteiger charge is -2.16. The van der Waals surface area contributed by atoms with Crippen molar-refractivity contribution in [3.63, 3.8) is 0 Å². The molecule has 0 atom stereocenters.